The van der Waals surface area contributed by atoms with Crippen molar-refractivity contribution in [2.24, 2.45) is 0 Å². The van der Waals surface area contributed by atoms with E-state index in [-0.39, 0.29) is 12.0 Å². The van der Waals surface area contributed by atoms with Gasteiger partial charge < -0.3 is 9.64 Å². The number of hydrogen-bond acceptors (Lipinski definition) is 3. The number of nitrogens with zero attached hydrogens (tertiary/aromatic N) is 3. The molecule has 1 amide bonds. The average Bonchev–Trinajstić information content (AvgIpc) is 2.93. The minimum absolute atomic E-state index is 0.0689. The molecule has 1 atom stereocenters. The summed E-state index contributed by atoms with van der Waals surface area (Å²) in [6, 6.07) is 12.2. The Hall–Kier alpha value is -2.14. The van der Waals surface area contributed by atoms with Gasteiger partial charge in [-0.15, -0.1) is 0 Å². The highest BCUT2D eigenvalue weighted by atomic mass is 16.5. The van der Waals surface area contributed by atoms with Gasteiger partial charge in [-0.3, -0.25) is 9.48 Å². The van der Waals surface area contributed by atoms with Crippen LogP contribution < -0.4 is 0 Å². The van der Waals surface area contributed by atoms with E-state index in [0.29, 0.717) is 26.2 Å². The largest absolute Gasteiger partial charge is 0.374 e. The molecule has 2 heterocycles. The Labute approximate surface area is 130 Å². The maximum absolute atomic E-state index is 12.4. The lowest BCUT2D eigenvalue weighted by Gasteiger charge is -2.33. The third-order valence-corrected chi connectivity index (χ3v) is 3.87. The zero-order chi connectivity index (χ0) is 15.4. The summed E-state index contributed by atoms with van der Waals surface area (Å²) in [4.78, 5) is 14.3. The summed E-state index contributed by atoms with van der Waals surface area (Å²) in [5, 5.41) is 4.27. The number of hydrogen-bond donors (Lipinski definition) is 0. The van der Waals surface area contributed by atoms with Gasteiger partial charge >= 0.3 is 0 Å². The van der Waals surface area contributed by atoms with Crippen molar-refractivity contribution < 1.29 is 9.53 Å². The fourth-order valence-electron chi connectivity index (χ4n) is 2.74. The molecule has 0 N–H and O–H groups in total. The number of rotatable bonds is 4. The second-order valence-corrected chi connectivity index (χ2v) is 5.68. The SMILES string of the molecule is Cc1ccn(CC(=O)N2CCO[C@H](Cc3ccccc3)C2)n1. The van der Waals surface area contributed by atoms with Gasteiger partial charge in [-0.1, -0.05) is 30.3 Å². The topological polar surface area (TPSA) is 47.4 Å². The highest BCUT2D eigenvalue weighted by Gasteiger charge is 2.24. The molecule has 1 saturated heterocycles. The Balaban J connectivity index is 1.57. The van der Waals surface area contributed by atoms with Gasteiger partial charge in [-0.05, 0) is 18.6 Å². The predicted molar refractivity (Wildman–Crippen MR) is 83.4 cm³/mol. The van der Waals surface area contributed by atoms with Crippen LogP contribution >= 0.6 is 0 Å². The molecule has 22 heavy (non-hydrogen) atoms. The van der Waals surface area contributed by atoms with Gasteiger partial charge in [0.25, 0.3) is 0 Å². The van der Waals surface area contributed by atoms with Gasteiger partial charge in [0.15, 0.2) is 0 Å². The lowest BCUT2D eigenvalue weighted by molar-refractivity contribution is -0.139. The Morgan fingerprint density at radius 3 is 2.86 bits per heavy atom. The molecule has 1 fully saturated rings. The van der Waals surface area contributed by atoms with Gasteiger partial charge in [0.2, 0.25) is 5.91 Å². The van der Waals surface area contributed by atoms with Crippen LogP contribution in [0.5, 0.6) is 0 Å². The highest BCUT2D eigenvalue weighted by Crippen LogP contribution is 2.12. The summed E-state index contributed by atoms with van der Waals surface area (Å²) in [5.41, 5.74) is 2.17. The summed E-state index contributed by atoms with van der Waals surface area (Å²) in [6.45, 7) is 4.12. The lowest BCUT2D eigenvalue weighted by Crippen LogP contribution is -2.47. The summed E-state index contributed by atoms with van der Waals surface area (Å²) in [6.07, 6.45) is 2.75. The van der Waals surface area contributed by atoms with Crippen molar-refractivity contribution in [3.8, 4) is 0 Å². The van der Waals surface area contributed by atoms with E-state index in [9.17, 15) is 4.79 Å². The molecule has 3 rings (SSSR count). The fraction of sp³-hybridized carbons (Fsp3) is 0.412. The van der Waals surface area contributed by atoms with Gasteiger partial charge in [-0.2, -0.15) is 5.10 Å². The number of ether oxygens (including phenoxy) is 1. The van der Waals surface area contributed by atoms with Crippen LogP contribution in [0, 0.1) is 6.92 Å². The molecule has 116 valence electrons. The van der Waals surface area contributed by atoms with Crippen LogP contribution in [0.15, 0.2) is 42.6 Å². The van der Waals surface area contributed by atoms with Crippen LogP contribution in [0.1, 0.15) is 11.3 Å². The number of aromatic nitrogens is 2. The predicted octanol–water partition coefficient (Wildman–Crippen LogP) is 1.66. The van der Waals surface area contributed by atoms with Crippen LogP contribution in [0.4, 0.5) is 0 Å². The molecule has 1 aliphatic heterocycles. The molecule has 0 spiro atoms. The van der Waals surface area contributed by atoms with E-state index < -0.39 is 0 Å². The van der Waals surface area contributed by atoms with Crippen molar-refractivity contribution >= 4 is 5.91 Å². The Morgan fingerprint density at radius 1 is 1.32 bits per heavy atom. The van der Waals surface area contributed by atoms with E-state index in [4.69, 9.17) is 4.74 Å². The van der Waals surface area contributed by atoms with E-state index in [0.717, 1.165) is 12.1 Å². The second-order valence-electron chi connectivity index (χ2n) is 5.68. The molecule has 0 radical (unpaired) electrons. The molecule has 5 nitrogen and oxygen atoms in total. The quantitative estimate of drug-likeness (QED) is 0.862. The molecule has 2 aromatic rings. The molecule has 1 aliphatic rings. The molecule has 0 aliphatic carbocycles. The highest BCUT2D eigenvalue weighted by molar-refractivity contribution is 5.76. The van der Waals surface area contributed by atoms with Gasteiger partial charge in [-0.25, -0.2) is 0 Å². The van der Waals surface area contributed by atoms with E-state index in [1.807, 2.05) is 42.3 Å². The maximum Gasteiger partial charge on any atom is 0.244 e. The molecule has 0 bridgehead atoms. The third kappa shape index (κ3) is 3.74. The van der Waals surface area contributed by atoms with Crippen molar-refractivity contribution in [3.63, 3.8) is 0 Å². The minimum Gasteiger partial charge on any atom is -0.374 e. The molecule has 0 unspecified atom stereocenters. The summed E-state index contributed by atoms with van der Waals surface area (Å²) >= 11 is 0. The number of carbonyl (C=O) groups excluding carboxylic acids is 1. The summed E-state index contributed by atoms with van der Waals surface area (Å²) in [5.74, 6) is 0.101. The van der Waals surface area contributed by atoms with Gasteiger partial charge in [0.1, 0.15) is 6.54 Å². The molecule has 5 heteroatoms. The molecule has 1 aromatic heterocycles. The number of aryl methyl sites for hydroxylation is 1. The molecule has 1 aromatic carbocycles. The number of carbonyl (C=O) groups is 1. The first-order valence-electron chi connectivity index (χ1n) is 7.64. The second kappa shape index (κ2) is 6.75. The van der Waals surface area contributed by atoms with Gasteiger partial charge in [0.05, 0.1) is 18.4 Å². The van der Waals surface area contributed by atoms with Crippen LogP contribution in [-0.2, 0) is 22.5 Å². The first-order chi connectivity index (χ1) is 10.7. The zero-order valence-corrected chi connectivity index (χ0v) is 12.8. The fourth-order valence-corrected chi connectivity index (χ4v) is 2.74. The monoisotopic (exact) mass is 299 g/mol. The van der Waals surface area contributed by atoms with E-state index >= 15 is 0 Å². The van der Waals surface area contributed by atoms with Crippen LogP contribution in [0.2, 0.25) is 0 Å². The Morgan fingerprint density at radius 2 is 2.14 bits per heavy atom. The van der Waals surface area contributed by atoms with E-state index in [1.165, 1.54) is 5.56 Å². The van der Waals surface area contributed by atoms with E-state index in [1.54, 1.807) is 4.68 Å². The van der Waals surface area contributed by atoms with Crippen molar-refractivity contribution in [1.82, 2.24) is 14.7 Å². The Kier molecular flexibility index (Phi) is 4.53. The van der Waals surface area contributed by atoms with Gasteiger partial charge in [0, 0.05) is 25.7 Å². The molecular formula is C17H21N3O2. The van der Waals surface area contributed by atoms with Crippen molar-refractivity contribution in [3.05, 3.63) is 53.9 Å². The van der Waals surface area contributed by atoms with Crippen LogP contribution in [0.25, 0.3) is 0 Å². The first kappa shape index (κ1) is 14.8. The van der Waals surface area contributed by atoms with Crippen molar-refractivity contribution in [1.29, 1.82) is 0 Å². The minimum atomic E-state index is 0.0689. The lowest BCUT2D eigenvalue weighted by atomic mass is 10.1. The normalized spacial score (nSPS) is 18.4. The summed E-state index contributed by atoms with van der Waals surface area (Å²) in [7, 11) is 0. The summed E-state index contributed by atoms with van der Waals surface area (Å²) < 4.78 is 7.49. The molecule has 0 saturated carbocycles. The zero-order valence-electron chi connectivity index (χ0n) is 12.8. The first-order valence-corrected chi connectivity index (χ1v) is 7.64. The van der Waals surface area contributed by atoms with Crippen molar-refractivity contribution in [2.75, 3.05) is 19.7 Å². The van der Waals surface area contributed by atoms with Crippen LogP contribution in [-0.4, -0.2) is 46.4 Å². The number of morpholine rings is 1. The number of amides is 1. The molecular weight excluding hydrogens is 278 g/mol. The van der Waals surface area contributed by atoms with E-state index in [2.05, 4.69) is 17.2 Å². The standard InChI is InChI=1S/C17H21N3O2/c1-14-7-8-20(18-14)13-17(21)19-9-10-22-16(12-19)11-15-5-3-2-4-6-15/h2-8,16H,9-13H2,1H3/t16-/m1/s1. The Bertz CT molecular complexity index is 624. The van der Waals surface area contributed by atoms with Crippen LogP contribution in [0.3, 0.4) is 0 Å². The third-order valence-electron chi connectivity index (χ3n) is 3.87. The van der Waals surface area contributed by atoms with Crippen molar-refractivity contribution in [2.45, 2.75) is 26.0 Å². The maximum atomic E-state index is 12.4. The smallest absolute Gasteiger partial charge is 0.244 e. The number of benzene rings is 1. The average molecular weight is 299 g/mol.